The zero-order valence-corrected chi connectivity index (χ0v) is 15.5. The van der Waals surface area contributed by atoms with E-state index in [1.165, 1.54) is 7.11 Å². The first-order valence-corrected chi connectivity index (χ1v) is 8.75. The Kier molecular flexibility index (Phi) is 7.63. The second kappa shape index (κ2) is 10.2. The second-order valence-corrected chi connectivity index (χ2v) is 5.95. The number of carbonyl (C=O) groups excluding carboxylic acids is 2. The highest BCUT2D eigenvalue weighted by Crippen LogP contribution is 2.25. The van der Waals surface area contributed by atoms with Gasteiger partial charge in [0.15, 0.2) is 18.1 Å². The van der Waals surface area contributed by atoms with E-state index in [-0.39, 0.29) is 18.4 Å². The molecule has 0 aromatic heterocycles. The Morgan fingerprint density at radius 1 is 1.04 bits per heavy atom. The molecule has 2 amide bonds. The molecule has 0 fully saturated rings. The summed E-state index contributed by atoms with van der Waals surface area (Å²) in [5.74, 6) is 0.464. The van der Waals surface area contributed by atoms with Crippen molar-refractivity contribution >= 4 is 23.2 Å². The fraction of sp³-hybridized carbons (Fsp3) is 0.300. The highest BCUT2D eigenvalue weighted by molar-refractivity contribution is 5.96. The maximum Gasteiger partial charge on any atom is 0.262 e. The Balaban J connectivity index is 1.91. The van der Waals surface area contributed by atoms with Crippen LogP contribution in [0.15, 0.2) is 48.5 Å². The number of ether oxygens (including phenoxy) is 2. The van der Waals surface area contributed by atoms with Gasteiger partial charge in [-0.25, -0.2) is 0 Å². The first kappa shape index (κ1) is 20.3. The molecule has 27 heavy (non-hydrogen) atoms. The largest absolute Gasteiger partial charge is 0.493 e. The van der Waals surface area contributed by atoms with E-state index in [0.717, 1.165) is 6.42 Å². The highest BCUT2D eigenvalue weighted by Gasteiger charge is 2.13. The molecule has 0 bridgehead atoms. The van der Waals surface area contributed by atoms with Gasteiger partial charge < -0.3 is 25.8 Å². The summed E-state index contributed by atoms with van der Waals surface area (Å²) in [5, 5.41) is 5.48. The van der Waals surface area contributed by atoms with Crippen LogP contribution in [0.25, 0.3) is 0 Å². The Morgan fingerprint density at radius 3 is 2.37 bits per heavy atom. The van der Waals surface area contributed by atoms with Crippen molar-refractivity contribution < 1.29 is 19.1 Å². The second-order valence-electron chi connectivity index (χ2n) is 5.95. The molecular weight excluding hydrogens is 346 g/mol. The van der Waals surface area contributed by atoms with E-state index in [0.29, 0.717) is 29.3 Å². The molecule has 2 rings (SSSR count). The van der Waals surface area contributed by atoms with Crippen LogP contribution in [0.2, 0.25) is 0 Å². The lowest BCUT2D eigenvalue weighted by molar-refractivity contribution is -0.118. The van der Waals surface area contributed by atoms with Crippen molar-refractivity contribution in [1.82, 2.24) is 0 Å². The van der Waals surface area contributed by atoms with Crippen LogP contribution in [0.5, 0.6) is 11.5 Å². The Hall–Kier alpha value is -3.06. The van der Waals surface area contributed by atoms with Gasteiger partial charge in [-0.15, -0.1) is 0 Å². The zero-order chi connectivity index (χ0) is 19.6. The summed E-state index contributed by atoms with van der Waals surface area (Å²) in [6, 6.07) is 13.4. The third-order valence-electron chi connectivity index (χ3n) is 3.78. The molecule has 144 valence electrons. The van der Waals surface area contributed by atoms with E-state index in [2.05, 4.69) is 10.6 Å². The van der Waals surface area contributed by atoms with Crippen LogP contribution in [0.3, 0.4) is 0 Å². The molecule has 4 N–H and O–H groups in total. The molecule has 0 aliphatic rings. The lowest BCUT2D eigenvalue weighted by Crippen LogP contribution is -2.35. The summed E-state index contributed by atoms with van der Waals surface area (Å²) in [6.07, 6.45) is 1.44. The summed E-state index contributed by atoms with van der Waals surface area (Å²) >= 11 is 0. The monoisotopic (exact) mass is 371 g/mol. The lowest BCUT2D eigenvalue weighted by atomic mass is 10.1. The average molecular weight is 371 g/mol. The van der Waals surface area contributed by atoms with Crippen molar-refractivity contribution in [3.8, 4) is 11.5 Å². The normalized spacial score (nSPS) is 11.4. The molecule has 1 unspecified atom stereocenters. The summed E-state index contributed by atoms with van der Waals surface area (Å²) in [4.78, 5) is 24.1. The van der Waals surface area contributed by atoms with Gasteiger partial charge in [-0.05, 0) is 36.8 Å². The highest BCUT2D eigenvalue weighted by atomic mass is 16.5. The van der Waals surface area contributed by atoms with Crippen LogP contribution in [0.1, 0.15) is 19.8 Å². The van der Waals surface area contributed by atoms with Crippen molar-refractivity contribution in [2.75, 3.05) is 24.4 Å². The number of methoxy groups -OCH3 is 1. The molecule has 0 spiro atoms. The van der Waals surface area contributed by atoms with Crippen molar-refractivity contribution in [2.24, 2.45) is 5.73 Å². The SMILES string of the molecule is CCCC(N)C(=O)Nc1cccc(NC(=O)COc2ccccc2OC)c1. The lowest BCUT2D eigenvalue weighted by Gasteiger charge is -2.13. The number of anilines is 2. The fourth-order valence-electron chi connectivity index (χ4n) is 2.43. The van der Waals surface area contributed by atoms with Crippen LogP contribution >= 0.6 is 0 Å². The van der Waals surface area contributed by atoms with Gasteiger partial charge in [-0.1, -0.05) is 31.5 Å². The topological polar surface area (TPSA) is 103 Å². The van der Waals surface area contributed by atoms with Gasteiger partial charge in [0.05, 0.1) is 13.2 Å². The molecule has 7 nitrogen and oxygen atoms in total. The third kappa shape index (κ3) is 6.31. The standard InChI is InChI=1S/C20H25N3O4/c1-3-7-16(21)20(25)23-15-9-6-8-14(12-15)22-19(24)13-27-18-11-5-4-10-17(18)26-2/h4-6,8-12,16H,3,7,13,21H2,1-2H3,(H,22,24)(H,23,25). The van der Waals surface area contributed by atoms with Gasteiger partial charge in [-0.2, -0.15) is 0 Å². The van der Waals surface area contributed by atoms with Crippen molar-refractivity contribution in [3.63, 3.8) is 0 Å². The van der Waals surface area contributed by atoms with E-state index >= 15 is 0 Å². The van der Waals surface area contributed by atoms with Crippen molar-refractivity contribution in [2.45, 2.75) is 25.8 Å². The van der Waals surface area contributed by atoms with Crippen molar-refractivity contribution in [1.29, 1.82) is 0 Å². The van der Waals surface area contributed by atoms with Gasteiger partial charge in [-0.3, -0.25) is 9.59 Å². The number of nitrogens with one attached hydrogen (secondary N) is 2. The number of rotatable bonds is 9. The van der Waals surface area contributed by atoms with Gasteiger partial charge in [0, 0.05) is 11.4 Å². The molecule has 0 saturated carbocycles. The predicted octanol–water partition coefficient (Wildman–Crippen LogP) is 2.78. The Morgan fingerprint density at radius 2 is 1.70 bits per heavy atom. The molecule has 2 aromatic rings. The predicted molar refractivity (Wildman–Crippen MR) is 105 cm³/mol. The number of amides is 2. The molecule has 7 heteroatoms. The molecular formula is C20H25N3O4. The Bertz CT molecular complexity index is 779. The first-order chi connectivity index (χ1) is 13.0. The van der Waals surface area contributed by atoms with Crippen LogP contribution in [-0.4, -0.2) is 31.6 Å². The number of para-hydroxylation sites is 2. The number of nitrogens with two attached hydrogens (primary N) is 1. The fourth-order valence-corrected chi connectivity index (χ4v) is 2.43. The molecule has 0 saturated heterocycles. The van der Waals surface area contributed by atoms with Gasteiger partial charge in [0.2, 0.25) is 5.91 Å². The quantitative estimate of drug-likeness (QED) is 0.629. The molecule has 0 aliphatic heterocycles. The number of benzene rings is 2. The zero-order valence-electron chi connectivity index (χ0n) is 15.5. The number of carbonyl (C=O) groups is 2. The van der Waals surface area contributed by atoms with Gasteiger partial charge in [0.25, 0.3) is 5.91 Å². The minimum absolute atomic E-state index is 0.168. The summed E-state index contributed by atoms with van der Waals surface area (Å²) in [5.41, 5.74) is 6.92. The van der Waals surface area contributed by atoms with Gasteiger partial charge in [0.1, 0.15) is 0 Å². The smallest absolute Gasteiger partial charge is 0.262 e. The maximum absolute atomic E-state index is 12.1. The minimum atomic E-state index is -0.553. The van der Waals surface area contributed by atoms with Crippen molar-refractivity contribution in [3.05, 3.63) is 48.5 Å². The molecule has 2 aromatic carbocycles. The third-order valence-corrected chi connectivity index (χ3v) is 3.78. The van der Waals surface area contributed by atoms with E-state index in [1.54, 1.807) is 42.5 Å². The van der Waals surface area contributed by atoms with Crippen LogP contribution in [-0.2, 0) is 9.59 Å². The van der Waals surface area contributed by atoms with Crippen LogP contribution in [0, 0.1) is 0 Å². The average Bonchev–Trinajstić information content (AvgIpc) is 2.67. The van der Waals surface area contributed by atoms with E-state index in [9.17, 15) is 9.59 Å². The number of hydrogen-bond acceptors (Lipinski definition) is 5. The maximum atomic E-state index is 12.1. The molecule has 0 aliphatic carbocycles. The summed E-state index contributed by atoms with van der Waals surface area (Å²) in [7, 11) is 1.54. The first-order valence-electron chi connectivity index (χ1n) is 8.75. The van der Waals surface area contributed by atoms with Crippen LogP contribution in [0.4, 0.5) is 11.4 Å². The summed E-state index contributed by atoms with van der Waals surface area (Å²) in [6.45, 7) is 1.80. The Labute approximate surface area is 158 Å². The van der Waals surface area contributed by atoms with E-state index in [1.807, 2.05) is 13.0 Å². The number of hydrogen-bond donors (Lipinski definition) is 3. The summed E-state index contributed by atoms with van der Waals surface area (Å²) < 4.78 is 10.7. The van der Waals surface area contributed by atoms with Gasteiger partial charge >= 0.3 is 0 Å². The van der Waals surface area contributed by atoms with E-state index < -0.39 is 6.04 Å². The van der Waals surface area contributed by atoms with E-state index in [4.69, 9.17) is 15.2 Å². The van der Waals surface area contributed by atoms with Crippen LogP contribution < -0.4 is 25.8 Å². The molecule has 0 heterocycles. The molecule has 1 atom stereocenters. The molecule has 0 radical (unpaired) electrons. The minimum Gasteiger partial charge on any atom is -0.493 e.